The molecule has 0 aromatic heterocycles. The van der Waals surface area contributed by atoms with Crippen molar-refractivity contribution < 1.29 is 14.6 Å². The Hall–Kier alpha value is -1.55. The van der Waals surface area contributed by atoms with Crippen molar-refractivity contribution in [1.82, 2.24) is 0 Å². The molecule has 0 aliphatic carbocycles. The molecule has 1 rings (SSSR count). The maximum atomic E-state index is 10.5. The molecule has 16 heavy (non-hydrogen) atoms. The first kappa shape index (κ1) is 12.5. The lowest BCUT2D eigenvalue weighted by molar-refractivity contribution is -0.139. The minimum Gasteiger partial charge on any atom is -0.491 e. The van der Waals surface area contributed by atoms with Crippen LogP contribution in [0.15, 0.2) is 24.3 Å². The van der Waals surface area contributed by atoms with Crippen molar-refractivity contribution in [3.05, 3.63) is 29.8 Å². The molecule has 0 spiro atoms. The van der Waals surface area contributed by atoms with Crippen LogP contribution in [0.25, 0.3) is 0 Å². The summed E-state index contributed by atoms with van der Waals surface area (Å²) in [7, 11) is 0. The van der Waals surface area contributed by atoms with Gasteiger partial charge in [-0.25, -0.2) is 0 Å². The van der Waals surface area contributed by atoms with Crippen molar-refractivity contribution in [2.75, 3.05) is 6.61 Å². The second-order valence-electron chi connectivity index (χ2n) is 3.95. The van der Waals surface area contributed by atoms with E-state index >= 15 is 0 Å². The number of rotatable bonds is 5. The predicted molar refractivity (Wildman–Crippen MR) is 61.6 cm³/mol. The highest BCUT2D eigenvalue weighted by atomic mass is 16.5. The van der Waals surface area contributed by atoms with E-state index in [-0.39, 0.29) is 6.61 Å². The zero-order valence-electron chi connectivity index (χ0n) is 9.51. The van der Waals surface area contributed by atoms with E-state index < -0.39 is 12.0 Å². The molecule has 0 fully saturated rings. The molecule has 1 aromatic carbocycles. The molecule has 3 N–H and O–H groups in total. The van der Waals surface area contributed by atoms with Gasteiger partial charge in [-0.3, -0.25) is 4.79 Å². The molecule has 0 radical (unpaired) electrons. The van der Waals surface area contributed by atoms with Crippen molar-refractivity contribution in [3.63, 3.8) is 0 Å². The van der Waals surface area contributed by atoms with Gasteiger partial charge in [0, 0.05) is 0 Å². The van der Waals surface area contributed by atoms with E-state index in [9.17, 15) is 4.79 Å². The van der Waals surface area contributed by atoms with Gasteiger partial charge in [-0.1, -0.05) is 32.0 Å². The van der Waals surface area contributed by atoms with Gasteiger partial charge in [0.25, 0.3) is 0 Å². The summed E-state index contributed by atoms with van der Waals surface area (Å²) in [5, 5.41) is 8.63. The first-order valence-corrected chi connectivity index (χ1v) is 5.22. The normalized spacial score (nSPS) is 12.5. The molecule has 4 nitrogen and oxygen atoms in total. The summed E-state index contributed by atoms with van der Waals surface area (Å²) in [6, 6.07) is 6.59. The molecule has 0 bridgehead atoms. The standard InChI is InChI=1S/C12H17NO3/c1-8(2)9-5-3-4-6-11(9)16-7-10(13)12(14)15/h3-6,8,10H,7,13H2,1-2H3,(H,14,15). The molecule has 1 unspecified atom stereocenters. The molecule has 0 saturated carbocycles. The number of hydrogen-bond donors (Lipinski definition) is 2. The number of benzene rings is 1. The summed E-state index contributed by atoms with van der Waals surface area (Å²) in [4.78, 5) is 10.5. The maximum Gasteiger partial charge on any atom is 0.324 e. The Balaban J connectivity index is 2.70. The molecule has 4 heteroatoms. The molecule has 0 heterocycles. The maximum absolute atomic E-state index is 10.5. The van der Waals surface area contributed by atoms with Crippen molar-refractivity contribution in [2.24, 2.45) is 5.73 Å². The third kappa shape index (κ3) is 3.24. The van der Waals surface area contributed by atoms with E-state index in [1.807, 2.05) is 24.3 Å². The molecule has 0 aliphatic rings. The number of carboxylic acids is 1. The Morgan fingerprint density at radius 2 is 2.06 bits per heavy atom. The third-order valence-corrected chi connectivity index (χ3v) is 2.28. The van der Waals surface area contributed by atoms with Crippen molar-refractivity contribution in [3.8, 4) is 5.75 Å². The highest BCUT2D eigenvalue weighted by Gasteiger charge is 2.13. The number of carbonyl (C=O) groups is 1. The van der Waals surface area contributed by atoms with E-state index in [0.717, 1.165) is 5.56 Å². The SMILES string of the molecule is CC(C)c1ccccc1OCC(N)C(=O)O. The molecule has 1 aromatic rings. The Bertz CT molecular complexity index is 363. The Kier molecular flexibility index (Phi) is 4.31. The quantitative estimate of drug-likeness (QED) is 0.795. The van der Waals surface area contributed by atoms with Crippen LogP contribution in [-0.4, -0.2) is 23.7 Å². The number of carboxylic acid groups (broad SMARTS) is 1. The summed E-state index contributed by atoms with van der Waals surface area (Å²) in [6.07, 6.45) is 0. The number of para-hydroxylation sites is 1. The zero-order chi connectivity index (χ0) is 12.1. The molecule has 1 atom stereocenters. The summed E-state index contributed by atoms with van der Waals surface area (Å²) < 4.78 is 5.42. The van der Waals surface area contributed by atoms with Gasteiger partial charge in [0.2, 0.25) is 0 Å². The number of hydrogen-bond acceptors (Lipinski definition) is 3. The fourth-order valence-corrected chi connectivity index (χ4v) is 1.34. The van der Waals surface area contributed by atoms with Gasteiger partial charge in [0.15, 0.2) is 0 Å². The summed E-state index contributed by atoms with van der Waals surface area (Å²) >= 11 is 0. The van der Waals surface area contributed by atoms with Crippen LogP contribution in [0.1, 0.15) is 25.3 Å². The van der Waals surface area contributed by atoms with Crippen LogP contribution in [0, 0.1) is 0 Å². The Morgan fingerprint density at radius 3 is 2.62 bits per heavy atom. The predicted octanol–water partition coefficient (Wildman–Crippen LogP) is 1.60. The van der Waals surface area contributed by atoms with Gasteiger partial charge < -0.3 is 15.6 Å². The van der Waals surface area contributed by atoms with Crippen LogP contribution in [0.3, 0.4) is 0 Å². The second-order valence-corrected chi connectivity index (χ2v) is 3.95. The summed E-state index contributed by atoms with van der Waals surface area (Å²) in [5.41, 5.74) is 6.42. The van der Waals surface area contributed by atoms with Gasteiger partial charge >= 0.3 is 5.97 Å². The lowest BCUT2D eigenvalue weighted by atomic mass is 10.0. The summed E-state index contributed by atoms with van der Waals surface area (Å²) in [6.45, 7) is 4.09. The monoisotopic (exact) mass is 223 g/mol. The van der Waals surface area contributed by atoms with Crippen molar-refractivity contribution in [1.29, 1.82) is 0 Å². The molecule has 88 valence electrons. The van der Waals surface area contributed by atoms with E-state index in [1.165, 1.54) is 0 Å². The van der Waals surface area contributed by atoms with Crippen LogP contribution in [0.5, 0.6) is 5.75 Å². The van der Waals surface area contributed by atoms with Crippen LogP contribution in [0.4, 0.5) is 0 Å². The molecule has 0 aliphatic heterocycles. The third-order valence-electron chi connectivity index (χ3n) is 2.28. The average molecular weight is 223 g/mol. The number of ether oxygens (including phenoxy) is 1. The highest BCUT2D eigenvalue weighted by Crippen LogP contribution is 2.25. The smallest absolute Gasteiger partial charge is 0.324 e. The van der Waals surface area contributed by atoms with Gasteiger partial charge in [-0.2, -0.15) is 0 Å². The van der Waals surface area contributed by atoms with E-state index in [0.29, 0.717) is 11.7 Å². The van der Waals surface area contributed by atoms with E-state index in [1.54, 1.807) is 0 Å². The molecular weight excluding hydrogens is 206 g/mol. The largest absolute Gasteiger partial charge is 0.491 e. The van der Waals surface area contributed by atoms with Gasteiger partial charge in [0.05, 0.1) is 0 Å². The van der Waals surface area contributed by atoms with Gasteiger partial charge in [-0.15, -0.1) is 0 Å². The Labute approximate surface area is 95.0 Å². The summed E-state index contributed by atoms with van der Waals surface area (Å²) in [5.74, 6) is -0.0199. The minimum atomic E-state index is -1.05. The number of aliphatic carboxylic acids is 1. The van der Waals surface area contributed by atoms with Crippen molar-refractivity contribution >= 4 is 5.97 Å². The average Bonchev–Trinajstić information content (AvgIpc) is 2.25. The first-order valence-electron chi connectivity index (χ1n) is 5.22. The highest BCUT2D eigenvalue weighted by molar-refractivity contribution is 5.73. The molecule has 0 amide bonds. The topological polar surface area (TPSA) is 72.5 Å². The fourth-order valence-electron chi connectivity index (χ4n) is 1.34. The van der Waals surface area contributed by atoms with Crippen LogP contribution >= 0.6 is 0 Å². The lowest BCUT2D eigenvalue weighted by Crippen LogP contribution is -2.36. The van der Waals surface area contributed by atoms with E-state index in [2.05, 4.69) is 13.8 Å². The van der Waals surface area contributed by atoms with Crippen LogP contribution < -0.4 is 10.5 Å². The van der Waals surface area contributed by atoms with Gasteiger partial charge in [-0.05, 0) is 17.5 Å². The second kappa shape index (κ2) is 5.51. The zero-order valence-corrected chi connectivity index (χ0v) is 9.51. The van der Waals surface area contributed by atoms with E-state index in [4.69, 9.17) is 15.6 Å². The fraction of sp³-hybridized carbons (Fsp3) is 0.417. The van der Waals surface area contributed by atoms with Crippen molar-refractivity contribution in [2.45, 2.75) is 25.8 Å². The van der Waals surface area contributed by atoms with Crippen LogP contribution in [0.2, 0.25) is 0 Å². The first-order chi connectivity index (χ1) is 7.52. The van der Waals surface area contributed by atoms with Crippen LogP contribution in [-0.2, 0) is 4.79 Å². The number of nitrogens with two attached hydrogens (primary N) is 1. The Morgan fingerprint density at radius 1 is 1.44 bits per heavy atom. The lowest BCUT2D eigenvalue weighted by Gasteiger charge is -2.15. The molecular formula is C12H17NO3. The molecule has 0 saturated heterocycles. The minimum absolute atomic E-state index is 0.0148. The van der Waals surface area contributed by atoms with Gasteiger partial charge in [0.1, 0.15) is 18.4 Å².